The number of aromatic nitrogens is 2. The van der Waals surface area contributed by atoms with Gasteiger partial charge in [-0.3, -0.25) is 0 Å². The highest BCUT2D eigenvalue weighted by molar-refractivity contribution is 5.68. The van der Waals surface area contributed by atoms with Crippen molar-refractivity contribution >= 4 is 6.09 Å². The van der Waals surface area contributed by atoms with Crippen molar-refractivity contribution in [2.24, 2.45) is 0 Å². The number of hydrogen-bond donors (Lipinski definition) is 1. The van der Waals surface area contributed by atoms with E-state index < -0.39 is 5.60 Å². The summed E-state index contributed by atoms with van der Waals surface area (Å²) in [5.41, 5.74) is 0.737. The Morgan fingerprint density at radius 3 is 2.91 bits per heavy atom. The summed E-state index contributed by atoms with van der Waals surface area (Å²) in [4.78, 5) is 18.3. The summed E-state index contributed by atoms with van der Waals surface area (Å²) in [6.07, 6.45) is 6.80. The average molecular weight is 322 g/mol. The number of rotatable bonds is 4. The lowest BCUT2D eigenvalue weighted by molar-refractivity contribution is 0.0243. The van der Waals surface area contributed by atoms with E-state index in [9.17, 15) is 4.79 Å². The fraction of sp³-hybridized carbons (Fsp3) is 0.765. The lowest BCUT2D eigenvalue weighted by atomic mass is 10.1. The first-order valence-corrected chi connectivity index (χ1v) is 8.59. The smallest absolute Gasteiger partial charge is 0.410 e. The van der Waals surface area contributed by atoms with E-state index >= 15 is 0 Å². The molecule has 2 heterocycles. The van der Waals surface area contributed by atoms with Crippen LogP contribution in [0.4, 0.5) is 4.79 Å². The third-order valence-corrected chi connectivity index (χ3v) is 4.03. The molecule has 1 N–H and O–H groups in total. The van der Waals surface area contributed by atoms with Gasteiger partial charge in [0.2, 0.25) is 0 Å². The topological polar surface area (TPSA) is 59.4 Å². The Kier molecular flexibility index (Phi) is 6.04. The van der Waals surface area contributed by atoms with Gasteiger partial charge in [-0.1, -0.05) is 6.42 Å². The van der Waals surface area contributed by atoms with Gasteiger partial charge in [-0.15, -0.1) is 0 Å². The van der Waals surface area contributed by atoms with E-state index in [2.05, 4.69) is 21.8 Å². The number of carbonyl (C=O) groups is 1. The molecule has 130 valence electrons. The van der Waals surface area contributed by atoms with Gasteiger partial charge in [-0.05, 0) is 40.5 Å². The molecule has 0 aromatic carbocycles. The van der Waals surface area contributed by atoms with Crippen molar-refractivity contribution in [3.63, 3.8) is 0 Å². The van der Waals surface area contributed by atoms with Crippen LogP contribution in [0, 0.1) is 0 Å². The highest BCUT2D eigenvalue weighted by atomic mass is 16.6. The molecule has 23 heavy (non-hydrogen) atoms. The van der Waals surface area contributed by atoms with Crippen LogP contribution in [0.5, 0.6) is 0 Å². The van der Waals surface area contributed by atoms with E-state index in [0.29, 0.717) is 12.6 Å². The summed E-state index contributed by atoms with van der Waals surface area (Å²) < 4.78 is 7.65. The third kappa shape index (κ3) is 5.53. The van der Waals surface area contributed by atoms with Crippen molar-refractivity contribution in [2.75, 3.05) is 13.1 Å². The summed E-state index contributed by atoms with van der Waals surface area (Å²) in [7, 11) is 0. The van der Waals surface area contributed by atoms with Crippen LogP contribution in [0.2, 0.25) is 0 Å². The Morgan fingerprint density at radius 1 is 1.43 bits per heavy atom. The number of amides is 1. The molecule has 1 atom stereocenters. The Morgan fingerprint density at radius 2 is 2.22 bits per heavy atom. The number of hydrogen-bond acceptors (Lipinski definition) is 4. The molecule has 0 aliphatic carbocycles. The summed E-state index contributed by atoms with van der Waals surface area (Å²) in [5.74, 6) is 0. The summed E-state index contributed by atoms with van der Waals surface area (Å²) in [6, 6.07) is 0.297. The Balaban J connectivity index is 1.90. The Hall–Kier alpha value is -1.56. The van der Waals surface area contributed by atoms with Gasteiger partial charge in [0, 0.05) is 38.4 Å². The normalized spacial score (nSPS) is 19.5. The van der Waals surface area contributed by atoms with E-state index in [1.807, 2.05) is 38.2 Å². The second-order valence-corrected chi connectivity index (χ2v) is 7.17. The van der Waals surface area contributed by atoms with Crippen molar-refractivity contribution in [3.8, 4) is 0 Å². The van der Waals surface area contributed by atoms with E-state index in [-0.39, 0.29) is 6.09 Å². The van der Waals surface area contributed by atoms with Gasteiger partial charge < -0.3 is 19.5 Å². The van der Waals surface area contributed by atoms with Crippen LogP contribution in [0.1, 0.15) is 52.7 Å². The van der Waals surface area contributed by atoms with Gasteiger partial charge in [-0.25, -0.2) is 9.78 Å². The minimum Gasteiger partial charge on any atom is -0.444 e. The molecule has 6 nitrogen and oxygen atoms in total. The maximum atomic E-state index is 12.3. The number of nitrogens with zero attached hydrogens (tertiary/aromatic N) is 3. The summed E-state index contributed by atoms with van der Waals surface area (Å²) in [6.45, 7) is 11.0. The molecular weight excluding hydrogens is 292 g/mol. The SMILES string of the molecule is CCn1cncc1CNC1CCCCN(C(=O)OC(C)(C)C)C1. The molecule has 1 aromatic heterocycles. The Bertz CT molecular complexity index is 507. The van der Waals surface area contributed by atoms with Gasteiger partial charge in [0.05, 0.1) is 12.0 Å². The highest BCUT2D eigenvalue weighted by Gasteiger charge is 2.26. The molecule has 2 rings (SSSR count). The van der Waals surface area contributed by atoms with Crippen LogP contribution in [-0.2, 0) is 17.8 Å². The van der Waals surface area contributed by atoms with Crippen LogP contribution in [0.15, 0.2) is 12.5 Å². The number of ether oxygens (including phenoxy) is 1. The molecule has 6 heteroatoms. The molecule has 0 radical (unpaired) electrons. The predicted octanol–water partition coefficient (Wildman–Crippen LogP) is 2.78. The zero-order valence-corrected chi connectivity index (χ0v) is 14.8. The van der Waals surface area contributed by atoms with Gasteiger partial charge in [0.1, 0.15) is 5.60 Å². The first-order chi connectivity index (χ1) is 10.9. The molecule has 1 unspecified atom stereocenters. The van der Waals surface area contributed by atoms with Gasteiger partial charge in [-0.2, -0.15) is 0 Å². The molecule has 1 saturated heterocycles. The van der Waals surface area contributed by atoms with Gasteiger partial charge >= 0.3 is 6.09 Å². The highest BCUT2D eigenvalue weighted by Crippen LogP contribution is 2.16. The molecule has 0 bridgehead atoms. The molecule has 1 aromatic rings. The number of imidazole rings is 1. The zero-order chi connectivity index (χ0) is 16.9. The fourth-order valence-corrected chi connectivity index (χ4v) is 2.83. The van der Waals surface area contributed by atoms with E-state index in [0.717, 1.165) is 38.9 Å². The molecular formula is C17H30N4O2. The largest absolute Gasteiger partial charge is 0.444 e. The zero-order valence-electron chi connectivity index (χ0n) is 14.8. The van der Waals surface area contributed by atoms with Crippen LogP contribution < -0.4 is 5.32 Å². The molecule has 0 saturated carbocycles. The van der Waals surface area contributed by atoms with E-state index in [1.54, 1.807) is 0 Å². The van der Waals surface area contributed by atoms with Crippen LogP contribution in [0.25, 0.3) is 0 Å². The standard InChI is InChI=1S/C17H30N4O2/c1-5-20-13-18-10-15(20)11-19-14-8-6-7-9-21(12-14)16(22)23-17(2,3)4/h10,13-14,19H,5-9,11-12H2,1-4H3. The maximum absolute atomic E-state index is 12.3. The van der Waals surface area contributed by atoms with Crippen molar-refractivity contribution in [3.05, 3.63) is 18.2 Å². The van der Waals surface area contributed by atoms with Gasteiger partial charge in [0.15, 0.2) is 0 Å². The van der Waals surface area contributed by atoms with Crippen molar-refractivity contribution in [1.82, 2.24) is 19.8 Å². The van der Waals surface area contributed by atoms with Gasteiger partial charge in [0.25, 0.3) is 0 Å². The van der Waals surface area contributed by atoms with Crippen molar-refractivity contribution < 1.29 is 9.53 Å². The number of nitrogens with one attached hydrogen (secondary N) is 1. The Labute approximate surface area is 139 Å². The predicted molar refractivity (Wildman–Crippen MR) is 90.2 cm³/mol. The first kappa shape index (κ1) is 17.8. The minimum absolute atomic E-state index is 0.204. The molecule has 1 amide bonds. The quantitative estimate of drug-likeness (QED) is 0.926. The monoisotopic (exact) mass is 322 g/mol. The summed E-state index contributed by atoms with van der Waals surface area (Å²) >= 11 is 0. The molecule has 1 fully saturated rings. The minimum atomic E-state index is -0.445. The molecule has 1 aliphatic rings. The number of aryl methyl sites for hydroxylation is 1. The maximum Gasteiger partial charge on any atom is 0.410 e. The van der Waals surface area contributed by atoms with E-state index in [4.69, 9.17) is 4.74 Å². The third-order valence-electron chi connectivity index (χ3n) is 4.03. The lowest BCUT2D eigenvalue weighted by Crippen LogP contribution is -2.44. The lowest BCUT2D eigenvalue weighted by Gasteiger charge is -2.28. The van der Waals surface area contributed by atoms with Crippen molar-refractivity contribution in [1.29, 1.82) is 0 Å². The second-order valence-electron chi connectivity index (χ2n) is 7.17. The number of likely N-dealkylation sites (tertiary alicyclic amines) is 1. The average Bonchev–Trinajstić information content (AvgIpc) is 2.79. The molecule has 1 aliphatic heterocycles. The van der Waals surface area contributed by atoms with Crippen LogP contribution in [0.3, 0.4) is 0 Å². The molecule has 0 spiro atoms. The first-order valence-electron chi connectivity index (χ1n) is 8.59. The summed E-state index contributed by atoms with van der Waals surface area (Å²) in [5, 5.41) is 3.58. The van der Waals surface area contributed by atoms with Crippen LogP contribution >= 0.6 is 0 Å². The van der Waals surface area contributed by atoms with Crippen molar-refractivity contribution in [2.45, 2.75) is 71.7 Å². The number of carbonyl (C=O) groups excluding carboxylic acids is 1. The van der Waals surface area contributed by atoms with Crippen LogP contribution in [-0.4, -0.2) is 45.3 Å². The fourth-order valence-electron chi connectivity index (χ4n) is 2.83. The second kappa shape index (κ2) is 7.81. The van der Waals surface area contributed by atoms with E-state index in [1.165, 1.54) is 5.69 Å².